The Morgan fingerprint density at radius 3 is 2.18 bits per heavy atom. The number of hydrogen-bond acceptors (Lipinski definition) is 4. The molecule has 1 aromatic carbocycles. The van der Waals surface area contributed by atoms with Gasteiger partial charge in [0.15, 0.2) is 0 Å². The van der Waals surface area contributed by atoms with Crippen LogP contribution in [0.1, 0.15) is 25.5 Å². The van der Waals surface area contributed by atoms with E-state index in [1.807, 2.05) is 0 Å². The summed E-state index contributed by atoms with van der Waals surface area (Å²) in [5.41, 5.74) is 0.559. The summed E-state index contributed by atoms with van der Waals surface area (Å²) in [6.07, 6.45) is -2.23. The maximum absolute atomic E-state index is 9.65. The topological polar surface area (TPSA) is 69.9 Å². The first-order valence-electron chi connectivity index (χ1n) is 5.74. The van der Waals surface area contributed by atoms with Crippen LogP contribution in [0.4, 0.5) is 0 Å². The highest BCUT2D eigenvalue weighted by Gasteiger charge is 2.16. The van der Waals surface area contributed by atoms with Gasteiger partial charge in [0.05, 0.1) is 13.2 Å². The number of rotatable bonds is 6. The molecule has 0 aromatic heterocycles. The summed E-state index contributed by atoms with van der Waals surface area (Å²) in [4.78, 5) is 0. The Kier molecular flexibility index (Phi) is 5.41. The van der Waals surface area contributed by atoms with Crippen molar-refractivity contribution in [2.75, 3.05) is 13.2 Å². The van der Waals surface area contributed by atoms with Gasteiger partial charge in [0.2, 0.25) is 0 Å². The van der Waals surface area contributed by atoms with Gasteiger partial charge in [0.25, 0.3) is 0 Å². The van der Waals surface area contributed by atoms with Gasteiger partial charge in [0, 0.05) is 0 Å². The highest BCUT2D eigenvalue weighted by Crippen LogP contribution is 2.20. The van der Waals surface area contributed by atoms with Gasteiger partial charge < -0.3 is 20.1 Å². The van der Waals surface area contributed by atoms with Gasteiger partial charge in [-0.1, -0.05) is 26.0 Å². The van der Waals surface area contributed by atoms with Crippen molar-refractivity contribution in [3.63, 3.8) is 0 Å². The zero-order valence-corrected chi connectivity index (χ0v) is 10.2. The molecule has 3 N–H and O–H groups in total. The number of aliphatic hydroxyl groups excluding tert-OH is 3. The second-order valence-electron chi connectivity index (χ2n) is 4.47. The number of ether oxygens (including phenoxy) is 1. The van der Waals surface area contributed by atoms with Crippen molar-refractivity contribution in [2.45, 2.75) is 26.1 Å². The van der Waals surface area contributed by atoms with E-state index in [1.165, 1.54) is 0 Å². The smallest absolute Gasteiger partial charge is 0.119 e. The van der Waals surface area contributed by atoms with Crippen LogP contribution in [0, 0.1) is 5.92 Å². The third-order valence-corrected chi connectivity index (χ3v) is 2.36. The standard InChI is InChI=1S/C13H20O4/c1-9(2)8-17-11-5-3-10(4-6-11)13(16)12(15)7-14/h3-6,9,12-16H,7-8H2,1-2H3. The van der Waals surface area contributed by atoms with Crippen molar-refractivity contribution in [1.82, 2.24) is 0 Å². The van der Waals surface area contributed by atoms with Crippen molar-refractivity contribution in [2.24, 2.45) is 5.92 Å². The maximum Gasteiger partial charge on any atom is 0.119 e. The monoisotopic (exact) mass is 240 g/mol. The second-order valence-corrected chi connectivity index (χ2v) is 4.47. The minimum atomic E-state index is -1.16. The van der Waals surface area contributed by atoms with Crippen LogP contribution in [0.5, 0.6) is 5.75 Å². The minimum absolute atomic E-state index is 0.455. The molecule has 0 spiro atoms. The Bertz CT molecular complexity index is 321. The average Bonchev–Trinajstić information content (AvgIpc) is 2.35. The third-order valence-electron chi connectivity index (χ3n) is 2.36. The summed E-state index contributed by atoms with van der Waals surface area (Å²) in [6, 6.07) is 6.84. The summed E-state index contributed by atoms with van der Waals surface area (Å²) < 4.78 is 5.50. The molecule has 0 saturated heterocycles. The predicted octanol–water partition coefficient (Wildman–Crippen LogP) is 1.11. The first-order valence-corrected chi connectivity index (χ1v) is 5.74. The van der Waals surface area contributed by atoms with Crippen LogP contribution in [0.3, 0.4) is 0 Å². The molecule has 0 aliphatic rings. The van der Waals surface area contributed by atoms with E-state index in [2.05, 4.69) is 13.8 Å². The summed E-state index contributed by atoms with van der Waals surface area (Å²) in [7, 11) is 0. The summed E-state index contributed by atoms with van der Waals surface area (Å²) in [5.74, 6) is 1.18. The van der Waals surface area contributed by atoms with Gasteiger partial charge in [-0.3, -0.25) is 0 Å². The Morgan fingerprint density at radius 1 is 1.12 bits per heavy atom. The van der Waals surface area contributed by atoms with Crippen molar-refractivity contribution in [3.8, 4) is 5.75 Å². The molecule has 4 nitrogen and oxygen atoms in total. The fourth-order valence-corrected chi connectivity index (χ4v) is 1.35. The van der Waals surface area contributed by atoms with E-state index < -0.39 is 18.8 Å². The van der Waals surface area contributed by atoms with Gasteiger partial charge in [0.1, 0.15) is 18.0 Å². The molecule has 2 unspecified atom stereocenters. The van der Waals surface area contributed by atoms with Crippen molar-refractivity contribution < 1.29 is 20.1 Å². The molecule has 0 fully saturated rings. The molecule has 0 aliphatic heterocycles. The molecule has 0 bridgehead atoms. The summed E-state index contributed by atoms with van der Waals surface area (Å²) >= 11 is 0. The molecule has 2 atom stereocenters. The fourth-order valence-electron chi connectivity index (χ4n) is 1.35. The molecule has 1 aromatic rings. The van der Waals surface area contributed by atoms with Gasteiger partial charge in [-0.25, -0.2) is 0 Å². The molecule has 0 aliphatic carbocycles. The zero-order valence-electron chi connectivity index (χ0n) is 10.2. The van der Waals surface area contributed by atoms with Crippen LogP contribution in [-0.4, -0.2) is 34.6 Å². The predicted molar refractivity (Wildman–Crippen MR) is 64.8 cm³/mol. The lowest BCUT2D eigenvalue weighted by molar-refractivity contribution is -0.0152. The van der Waals surface area contributed by atoms with E-state index >= 15 is 0 Å². The molecule has 4 heteroatoms. The van der Waals surface area contributed by atoms with Crippen LogP contribution < -0.4 is 4.74 Å². The quantitative estimate of drug-likeness (QED) is 0.696. The Labute approximate surface area is 101 Å². The number of benzene rings is 1. The van der Waals surface area contributed by atoms with Gasteiger partial charge >= 0.3 is 0 Å². The second kappa shape index (κ2) is 6.59. The third kappa shape index (κ3) is 4.34. The highest BCUT2D eigenvalue weighted by molar-refractivity contribution is 5.29. The van der Waals surface area contributed by atoms with Crippen molar-refractivity contribution in [1.29, 1.82) is 0 Å². The summed E-state index contributed by atoms with van der Waals surface area (Å²) in [6.45, 7) is 4.30. The van der Waals surface area contributed by atoms with Crippen LogP contribution in [-0.2, 0) is 0 Å². The first-order chi connectivity index (χ1) is 8.04. The zero-order chi connectivity index (χ0) is 12.8. The van der Waals surface area contributed by atoms with Gasteiger partial charge in [-0.15, -0.1) is 0 Å². The van der Waals surface area contributed by atoms with E-state index in [9.17, 15) is 10.2 Å². The highest BCUT2D eigenvalue weighted by atomic mass is 16.5. The lowest BCUT2D eigenvalue weighted by Crippen LogP contribution is -2.21. The van der Waals surface area contributed by atoms with Crippen LogP contribution in [0.25, 0.3) is 0 Å². The molecule has 0 heterocycles. The molecule has 0 radical (unpaired) electrons. The molecule has 0 amide bonds. The van der Waals surface area contributed by atoms with Crippen LogP contribution in [0.2, 0.25) is 0 Å². The van der Waals surface area contributed by atoms with Crippen molar-refractivity contribution >= 4 is 0 Å². The molecule has 1 rings (SSSR count). The SMILES string of the molecule is CC(C)COc1ccc(C(O)C(O)CO)cc1. The van der Waals surface area contributed by atoms with Gasteiger partial charge in [-0.05, 0) is 23.6 Å². The molecular formula is C13H20O4. The van der Waals surface area contributed by atoms with E-state index in [0.29, 0.717) is 18.1 Å². The molecular weight excluding hydrogens is 220 g/mol. The van der Waals surface area contributed by atoms with Crippen LogP contribution in [0.15, 0.2) is 24.3 Å². The largest absolute Gasteiger partial charge is 0.493 e. The van der Waals surface area contributed by atoms with Gasteiger partial charge in [-0.2, -0.15) is 0 Å². The van der Waals surface area contributed by atoms with E-state index in [0.717, 1.165) is 5.75 Å². The Balaban J connectivity index is 2.61. The van der Waals surface area contributed by atoms with E-state index in [-0.39, 0.29) is 0 Å². The molecule has 96 valence electrons. The Morgan fingerprint density at radius 2 is 1.71 bits per heavy atom. The molecule has 17 heavy (non-hydrogen) atoms. The normalized spacial score (nSPS) is 14.7. The van der Waals surface area contributed by atoms with Crippen molar-refractivity contribution in [3.05, 3.63) is 29.8 Å². The minimum Gasteiger partial charge on any atom is -0.493 e. The molecule has 0 saturated carbocycles. The van der Waals surface area contributed by atoms with E-state index in [4.69, 9.17) is 9.84 Å². The first kappa shape index (κ1) is 14.0. The van der Waals surface area contributed by atoms with Crippen LogP contribution >= 0.6 is 0 Å². The lowest BCUT2D eigenvalue weighted by atomic mass is 10.1. The van der Waals surface area contributed by atoms with E-state index in [1.54, 1.807) is 24.3 Å². The number of hydrogen-bond donors (Lipinski definition) is 3. The average molecular weight is 240 g/mol. The number of aliphatic hydroxyl groups is 3. The Hall–Kier alpha value is -1.10. The summed E-state index contributed by atoms with van der Waals surface area (Å²) in [5, 5.41) is 27.7. The fraction of sp³-hybridized carbons (Fsp3) is 0.538. The maximum atomic E-state index is 9.65. The lowest BCUT2D eigenvalue weighted by Gasteiger charge is -2.16.